The molecule has 0 bridgehead atoms. The number of nitrogens with zero attached hydrogens (tertiary/aromatic N) is 2. The summed E-state index contributed by atoms with van der Waals surface area (Å²) in [6, 6.07) is 4.60. The van der Waals surface area contributed by atoms with Gasteiger partial charge in [-0.1, -0.05) is 23.2 Å². The third kappa shape index (κ3) is 2.84. The van der Waals surface area contributed by atoms with Gasteiger partial charge in [0.1, 0.15) is 5.75 Å². The number of aryl methyl sites for hydroxylation is 1. The fourth-order valence-electron chi connectivity index (χ4n) is 1.49. The number of rotatable bonds is 3. The quantitative estimate of drug-likeness (QED) is 0.817. The van der Waals surface area contributed by atoms with E-state index >= 15 is 0 Å². The van der Waals surface area contributed by atoms with Gasteiger partial charge in [-0.2, -0.15) is 5.10 Å². The summed E-state index contributed by atoms with van der Waals surface area (Å²) >= 11 is 11.9. The van der Waals surface area contributed by atoms with Gasteiger partial charge in [0, 0.05) is 12.6 Å². The van der Waals surface area contributed by atoms with Crippen LogP contribution in [0.25, 0.3) is 0 Å². The molecule has 1 aromatic carbocycles. The lowest BCUT2D eigenvalue weighted by atomic mass is 10.1. The van der Waals surface area contributed by atoms with Crippen LogP contribution in [0.1, 0.15) is 17.3 Å². The van der Waals surface area contributed by atoms with Crippen LogP contribution in [0, 0.1) is 0 Å². The molecule has 104 valence electrons. The highest BCUT2D eigenvalue weighted by molar-refractivity contribution is 6.33. The molecular formula is C13H10Cl2N2O3. The van der Waals surface area contributed by atoms with Gasteiger partial charge in [0.25, 0.3) is 5.56 Å². The summed E-state index contributed by atoms with van der Waals surface area (Å²) in [5, 5.41) is 3.96. The molecule has 0 fully saturated rings. The highest BCUT2D eigenvalue weighted by atomic mass is 35.5. The first-order valence-electron chi connectivity index (χ1n) is 5.60. The Bertz CT molecular complexity index is 741. The van der Waals surface area contributed by atoms with Crippen molar-refractivity contribution in [2.24, 2.45) is 7.05 Å². The van der Waals surface area contributed by atoms with Crippen LogP contribution >= 0.6 is 23.2 Å². The zero-order chi connectivity index (χ0) is 14.9. The van der Waals surface area contributed by atoms with Crippen LogP contribution in [-0.2, 0) is 7.05 Å². The molecule has 5 nitrogen and oxygen atoms in total. The van der Waals surface area contributed by atoms with Gasteiger partial charge in [0.15, 0.2) is 16.6 Å². The van der Waals surface area contributed by atoms with Gasteiger partial charge in [-0.25, -0.2) is 4.68 Å². The van der Waals surface area contributed by atoms with Crippen molar-refractivity contribution in [2.45, 2.75) is 6.92 Å². The van der Waals surface area contributed by atoms with E-state index in [2.05, 4.69) is 5.10 Å². The lowest BCUT2D eigenvalue weighted by Gasteiger charge is -2.09. The first kappa shape index (κ1) is 14.6. The number of carbonyl (C=O) groups is 1. The topological polar surface area (TPSA) is 61.2 Å². The Kier molecular flexibility index (Phi) is 4.11. The van der Waals surface area contributed by atoms with E-state index in [1.165, 1.54) is 32.3 Å². The molecule has 0 unspecified atom stereocenters. The number of benzene rings is 1. The summed E-state index contributed by atoms with van der Waals surface area (Å²) in [5.74, 6) is 0.285. The predicted molar refractivity (Wildman–Crippen MR) is 76.0 cm³/mol. The van der Waals surface area contributed by atoms with Crippen molar-refractivity contribution in [1.29, 1.82) is 0 Å². The Morgan fingerprint density at radius 2 is 2.00 bits per heavy atom. The number of ether oxygens (including phenoxy) is 1. The van der Waals surface area contributed by atoms with Crippen LogP contribution < -0.4 is 10.3 Å². The number of carbonyl (C=O) groups excluding carboxylic acids is 1. The van der Waals surface area contributed by atoms with Crippen molar-refractivity contribution in [3.63, 3.8) is 0 Å². The Labute approximate surface area is 124 Å². The predicted octanol–water partition coefficient (Wildman–Crippen LogP) is 3.08. The smallest absolute Gasteiger partial charge is 0.289 e. The second kappa shape index (κ2) is 5.64. The minimum Gasteiger partial charge on any atom is -0.452 e. The highest BCUT2D eigenvalue weighted by Crippen LogP contribution is 2.32. The van der Waals surface area contributed by atoms with E-state index in [-0.39, 0.29) is 27.3 Å². The normalized spacial score (nSPS) is 10.4. The average Bonchev–Trinajstić information content (AvgIpc) is 2.41. The molecule has 1 heterocycles. The van der Waals surface area contributed by atoms with Crippen LogP contribution in [0.15, 0.2) is 29.2 Å². The number of hydrogen-bond acceptors (Lipinski definition) is 4. The van der Waals surface area contributed by atoms with Gasteiger partial charge in [-0.05, 0) is 25.1 Å². The largest absolute Gasteiger partial charge is 0.452 e. The summed E-state index contributed by atoms with van der Waals surface area (Å²) in [7, 11) is 1.48. The molecule has 0 aliphatic rings. The zero-order valence-corrected chi connectivity index (χ0v) is 12.2. The fourth-order valence-corrected chi connectivity index (χ4v) is 1.92. The summed E-state index contributed by atoms with van der Waals surface area (Å²) in [6.07, 6.45) is 1.32. The molecule has 0 spiro atoms. The molecule has 0 radical (unpaired) electrons. The van der Waals surface area contributed by atoms with Gasteiger partial charge in [-0.3, -0.25) is 9.59 Å². The number of Topliss-reactive ketones (excluding diaryl/α,β-unsaturated/α-hetero) is 1. The summed E-state index contributed by atoms with van der Waals surface area (Å²) in [4.78, 5) is 22.8. The molecule has 2 rings (SSSR count). The average molecular weight is 313 g/mol. The van der Waals surface area contributed by atoms with Crippen LogP contribution in [0.5, 0.6) is 11.5 Å². The molecule has 0 amide bonds. The van der Waals surface area contributed by atoms with Crippen LogP contribution in [0.3, 0.4) is 0 Å². The SMILES string of the molecule is CC(=O)c1ccc(Oc2cnn(C)c(=O)c2Cl)c(Cl)c1. The van der Waals surface area contributed by atoms with E-state index in [0.717, 1.165) is 4.68 Å². The van der Waals surface area contributed by atoms with E-state index in [4.69, 9.17) is 27.9 Å². The second-order valence-corrected chi connectivity index (χ2v) is 4.84. The lowest BCUT2D eigenvalue weighted by Crippen LogP contribution is -2.19. The highest BCUT2D eigenvalue weighted by Gasteiger charge is 2.12. The van der Waals surface area contributed by atoms with Crippen molar-refractivity contribution < 1.29 is 9.53 Å². The fraction of sp³-hybridized carbons (Fsp3) is 0.154. The number of hydrogen-bond donors (Lipinski definition) is 0. The summed E-state index contributed by atoms with van der Waals surface area (Å²) < 4.78 is 6.55. The first-order chi connectivity index (χ1) is 9.40. The third-order valence-corrected chi connectivity index (χ3v) is 3.25. The Balaban J connectivity index is 2.38. The van der Waals surface area contributed by atoms with Crippen molar-refractivity contribution in [3.8, 4) is 11.5 Å². The number of halogens is 2. The van der Waals surface area contributed by atoms with Crippen molar-refractivity contribution in [3.05, 3.63) is 50.4 Å². The van der Waals surface area contributed by atoms with Crippen molar-refractivity contribution in [2.75, 3.05) is 0 Å². The van der Waals surface area contributed by atoms with E-state index in [0.29, 0.717) is 5.56 Å². The van der Waals surface area contributed by atoms with Gasteiger partial charge < -0.3 is 4.74 Å². The molecule has 1 aromatic heterocycles. The van der Waals surface area contributed by atoms with Gasteiger partial charge >= 0.3 is 0 Å². The Morgan fingerprint density at radius 3 is 2.60 bits per heavy atom. The maximum atomic E-state index is 11.6. The van der Waals surface area contributed by atoms with Gasteiger partial charge in [-0.15, -0.1) is 0 Å². The minimum atomic E-state index is -0.472. The zero-order valence-electron chi connectivity index (χ0n) is 10.7. The molecule has 0 aliphatic carbocycles. The van der Waals surface area contributed by atoms with E-state index in [1.807, 2.05) is 0 Å². The molecule has 7 heteroatoms. The minimum absolute atomic E-state index is 0.0887. The van der Waals surface area contributed by atoms with Crippen molar-refractivity contribution in [1.82, 2.24) is 9.78 Å². The molecule has 0 aliphatic heterocycles. The lowest BCUT2D eigenvalue weighted by molar-refractivity contribution is 0.101. The standard InChI is InChI=1S/C13H10Cl2N2O3/c1-7(18)8-3-4-10(9(14)5-8)20-11-6-16-17(2)13(19)12(11)15/h3-6H,1-2H3. The number of ketones is 1. The summed E-state index contributed by atoms with van der Waals surface area (Å²) in [6.45, 7) is 1.44. The molecule has 20 heavy (non-hydrogen) atoms. The molecule has 0 saturated carbocycles. The maximum absolute atomic E-state index is 11.6. The van der Waals surface area contributed by atoms with Crippen LogP contribution in [0.4, 0.5) is 0 Å². The molecular weight excluding hydrogens is 303 g/mol. The Morgan fingerprint density at radius 1 is 1.30 bits per heavy atom. The molecule has 0 atom stereocenters. The molecule has 2 aromatic rings. The van der Waals surface area contributed by atoms with Crippen molar-refractivity contribution >= 4 is 29.0 Å². The van der Waals surface area contributed by atoms with E-state index in [1.54, 1.807) is 6.07 Å². The first-order valence-corrected chi connectivity index (χ1v) is 6.36. The third-order valence-electron chi connectivity index (χ3n) is 2.60. The van der Waals surface area contributed by atoms with E-state index in [9.17, 15) is 9.59 Å². The number of aromatic nitrogens is 2. The van der Waals surface area contributed by atoms with Gasteiger partial charge in [0.2, 0.25) is 0 Å². The van der Waals surface area contributed by atoms with Crippen LogP contribution in [0.2, 0.25) is 10.0 Å². The Hall–Kier alpha value is -1.85. The monoisotopic (exact) mass is 312 g/mol. The van der Waals surface area contributed by atoms with Gasteiger partial charge in [0.05, 0.1) is 11.2 Å². The second-order valence-electron chi connectivity index (χ2n) is 4.06. The molecule has 0 saturated heterocycles. The molecule has 0 N–H and O–H groups in total. The van der Waals surface area contributed by atoms with Crippen LogP contribution in [-0.4, -0.2) is 15.6 Å². The maximum Gasteiger partial charge on any atom is 0.289 e. The van der Waals surface area contributed by atoms with E-state index < -0.39 is 5.56 Å². The summed E-state index contributed by atoms with van der Waals surface area (Å²) in [5.41, 5.74) is -0.00353.